The van der Waals surface area contributed by atoms with Gasteiger partial charge in [0, 0.05) is 28.8 Å². The van der Waals surface area contributed by atoms with Gasteiger partial charge in [-0.15, -0.1) is 11.3 Å². The summed E-state index contributed by atoms with van der Waals surface area (Å²) in [4.78, 5) is 16.5. The minimum atomic E-state index is -0.703. The topological polar surface area (TPSA) is 60.8 Å². The van der Waals surface area contributed by atoms with Gasteiger partial charge in [0.1, 0.15) is 0 Å². The van der Waals surface area contributed by atoms with Gasteiger partial charge in [0.15, 0.2) is 0 Å². The lowest BCUT2D eigenvalue weighted by Gasteiger charge is -2.45. The van der Waals surface area contributed by atoms with E-state index in [1.165, 1.54) is 16.9 Å². The third kappa shape index (κ3) is 3.56. The minimum absolute atomic E-state index is 0.0622. The number of aryl methyl sites for hydroxylation is 1. The summed E-state index contributed by atoms with van der Waals surface area (Å²) in [6.07, 6.45) is 4.90. The van der Waals surface area contributed by atoms with Gasteiger partial charge in [-0.25, -0.2) is 0 Å². The average Bonchev–Trinajstić information content (AvgIpc) is 3.14. The first kappa shape index (κ1) is 18.7. The zero-order chi connectivity index (χ0) is 18.9. The Morgan fingerprint density at radius 1 is 1.22 bits per heavy atom. The fourth-order valence-corrected chi connectivity index (χ4v) is 5.67. The van der Waals surface area contributed by atoms with Gasteiger partial charge in [0.2, 0.25) is 0 Å². The normalized spacial score (nSPS) is 25.3. The first-order valence-electron chi connectivity index (χ1n) is 9.84. The highest BCUT2D eigenvalue weighted by Crippen LogP contribution is 2.36. The number of fused-ring (bicyclic) bond motifs is 1. The van der Waals surface area contributed by atoms with Crippen LogP contribution in [0, 0.1) is 5.41 Å². The number of hydrogen-bond acceptors (Lipinski definition) is 4. The van der Waals surface area contributed by atoms with Gasteiger partial charge >= 0.3 is 0 Å². The van der Waals surface area contributed by atoms with E-state index in [1.807, 2.05) is 40.6 Å². The van der Waals surface area contributed by atoms with Crippen molar-refractivity contribution in [2.24, 2.45) is 5.41 Å². The molecule has 1 aliphatic heterocycles. The highest BCUT2D eigenvalue weighted by atomic mass is 32.1. The van der Waals surface area contributed by atoms with Crippen molar-refractivity contribution >= 4 is 17.2 Å². The van der Waals surface area contributed by atoms with Crippen LogP contribution in [0.25, 0.3) is 0 Å². The highest BCUT2D eigenvalue weighted by molar-refractivity contribution is 7.10. The van der Waals surface area contributed by atoms with Gasteiger partial charge < -0.3 is 15.1 Å². The molecule has 27 heavy (non-hydrogen) atoms. The SMILES string of the molecule is O=C(c1csc2c1CCCC2)N1CC[C@H](O)[C@](CO)(Cc2ccccc2)C1. The number of carbonyl (C=O) groups is 1. The maximum Gasteiger partial charge on any atom is 0.255 e. The Hall–Kier alpha value is -1.69. The Balaban J connectivity index is 1.57. The number of piperidine rings is 1. The van der Waals surface area contributed by atoms with Crippen LogP contribution in [-0.2, 0) is 19.3 Å². The molecule has 0 radical (unpaired) electrons. The van der Waals surface area contributed by atoms with E-state index in [-0.39, 0.29) is 12.5 Å². The number of benzene rings is 1. The molecule has 0 spiro atoms. The smallest absolute Gasteiger partial charge is 0.255 e. The number of carbonyl (C=O) groups excluding carboxylic acids is 1. The summed E-state index contributed by atoms with van der Waals surface area (Å²) in [5.41, 5.74) is 2.45. The molecule has 1 aromatic carbocycles. The van der Waals surface area contributed by atoms with Crippen molar-refractivity contribution in [2.45, 2.75) is 44.6 Å². The summed E-state index contributed by atoms with van der Waals surface area (Å²) in [7, 11) is 0. The Morgan fingerprint density at radius 2 is 2.00 bits per heavy atom. The molecule has 1 saturated heterocycles. The number of thiophene rings is 1. The van der Waals surface area contributed by atoms with E-state index < -0.39 is 11.5 Å². The number of nitrogens with zero attached hydrogens (tertiary/aromatic N) is 1. The lowest BCUT2D eigenvalue weighted by Crippen LogP contribution is -2.56. The molecule has 2 aliphatic rings. The zero-order valence-corrected chi connectivity index (χ0v) is 16.4. The van der Waals surface area contributed by atoms with Crippen molar-refractivity contribution in [3.63, 3.8) is 0 Å². The number of rotatable bonds is 4. The van der Waals surface area contributed by atoms with Gasteiger partial charge in [-0.05, 0) is 49.7 Å². The lowest BCUT2D eigenvalue weighted by atomic mass is 9.73. The first-order chi connectivity index (χ1) is 13.1. The van der Waals surface area contributed by atoms with Crippen LogP contribution in [0.4, 0.5) is 0 Å². The molecule has 1 aromatic heterocycles. The van der Waals surface area contributed by atoms with E-state index in [0.29, 0.717) is 25.9 Å². The molecular weight excluding hydrogens is 358 g/mol. The summed E-state index contributed by atoms with van der Waals surface area (Å²) in [6, 6.07) is 9.93. The fraction of sp³-hybridized carbons (Fsp3) is 0.500. The predicted octanol–water partition coefficient (Wildman–Crippen LogP) is 3.06. The number of likely N-dealkylation sites (tertiary alicyclic amines) is 1. The van der Waals surface area contributed by atoms with E-state index in [0.717, 1.165) is 30.4 Å². The van der Waals surface area contributed by atoms with E-state index in [1.54, 1.807) is 11.3 Å². The number of aliphatic hydroxyl groups is 2. The lowest BCUT2D eigenvalue weighted by molar-refractivity contribution is -0.0668. The largest absolute Gasteiger partial charge is 0.396 e. The molecule has 4 rings (SSSR count). The van der Waals surface area contributed by atoms with Crippen molar-refractivity contribution < 1.29 is 15.0 Å². The second-order valence-electron chi connectivity index (χ2n) is 7.97. The molecule has 4 nitrogen and oxygen atoms in total. The zero-order valence-electron chi connectivity index (χ0n) is 15.6. The number of hydrogen-bond donors (Lipinski definition) is 2. The average molecular weight is 386 g/mol. The van der Waals surface area contributed by atoms with E-state index in [9.17, 15) is 15.0 Å². The fourth-order valence-electron chi connectivity index (χ4n) is 4.55. The maximum absolute atomic E-state index is 13.3. The van der Waals surface area contributed by atoms with Crippen LogP contribution in [0.2, 0.25) is 0 Å². The predicted molar refractivity (Wildman–Crippen MR) is 107 cm³/mol. The van der Waals surface area contributed by atoms with Crippen LogP contribution >= 0.6 is 11.3 Å². The molecule has 0 saturated carbocycles. The maximum atomic E-state index is 13.3. The van der Waals surface area contributed by atoms with Gasteiger partial charge in [0.25, 0.3) is 5.91 Å². The van der Waals surface area contributed by atoms with Crippen molar-refractivity contribution in [1.29, 1.82) is 0 Å². The van der Waals surface area contributed by atoms with Crippen LogP contribution in [0.3, 0.4) is 0 Å². The third-order valence-electron chi connectivity index (χ3n) is 6.18. The molecule has 2 aromatic rings. The molecule has 1 amide bonds. The number of aliphatic hydroxyl groups excluding tert-OH is 2. The Kier molecular flexibility index (Phi) is 5.35. The van der Waals surface area contributed by atoms with Crippen LogP contribution in [0.5, 0.6) is 0 Å². The van der Waals surface area contributed by atoms with Crippen molar-refractivity contribution in [3.05, 3.63) is 57.3 Å². The molecule has 0 unspecified atom stereocenters. The van der Waals surface area contributed by atoms with Crippen molar-refractivity contribution in [2.75, 3.05) is 19.7 Å². The Morgan fingerprint density at radius 3 is 2.78 bits per heavy atom. The molecule has 2 N–H and O–H groups in total. The summed E-state index contributed by atoms with van der Waals surface area (Å²) in [6.45, 7) is 0.804. The van der Waals surface area contributed by atoms with Crippen LogP contribution in [0.1, 0.15) is 45.6 Å². The molecule has 5 heteroatoms. The van der Waals surface area contributed by atoms with Crippen LogP contribution in [-0.4, -0.2) is 46.8 Å². The molecule has 2 heterocycles. The summed E-state index contributed by atoms with van der Waals surface area (Å²) >= 11 is 1.71. The quantitative estimate of drug-likeness (QED) is 0.850. The third-order valence-corrected chi connectivity index (χ3v) is 7.27. The van der Waals surface area contributed by atoms with Gasteiger partial charge in [0.05, 0.1) is 18.3 Å². The van der Waals surface area contributed by atoms with Gasteiger partial charge in [-0.1, -0.05) is 30.3 Å². The molecule has 1 aliphatic carbocycles. The molecule has 1 fully saturated rings. The van der Waals surface area contributed by atoms with Crippen molar-refractivity contribution in [1.82, 2.24) is 4.90 Å². The van der Waals surface area contributed by atoms with E-state index in [4.69, 9.17) is 0 Å². The molecule has 2 atom stereocenters. The summed E-state index contributed by atoms with van der Waals surface area (Å²) in [5.74, 6) is 0.0622. The minimum Gasteiger partial charge on any atom is -0.396 e. The van der Waals surface area contributed by atoms with Crippen molar-refractivity contribution in [3.8, 4) is 0 Å². The molecular formula is C22H27NO3S. The Bertz CT molecular complexity index is 803. The van der Waals surface area contributed by atoms with Gasteiger partial charge in [-0.2, -0.15) is 0 Å². The second kappa shape index (κ2) is 7.74. The monoisotopic (exact) mass is 385 g/mol. The standard InChI is InChI=1S/C22H27NO3S/c24-15-22(12-16-6-2-1-3-7-16)14-23(11-10-20(22)25)21(26)18-13-27-19-9-5-4-8-17(18)19/h1-3,6-7,13,20,24-25H,4-5,8-12,14-15H2/t20-,22+/m0/s1. The summed E-state index contributed by atoms with van der Waals surface area (Å²) in [5, 5.41) is 22.9. The van der Waals surface area contributed by atoms with Crippen LogP contribution in [0.15, 0.2) is 35.7 Å². The Labute approximate surface area is 164 Å². The van der Waals surface area contributed by atoms with Gasteiger partial charge in [-0.3, -0.25) is 4.79 Å². The number of amides is 1. The highest BCUT2D eigenvalue weighted by Gasteiger charge is 2.44. The van der Waals surface area contributed by atoms with E-state index >= 15 is 0 Å². The first-order valence-corrected chi connectivity index (χ1v) is 10.7. The summed E-state index contributed by atoms with van der Waals surface area (Å²) < 4.78 is 0. The second-order valence-corrected chi connectivity index (χ2v) is 8.94. The molecule has 0 bridgehead atoms. The molecule has 144 valence electrons. The van der Waals surface area contributed by atoms with Crippen LogP contribution < -0.4 is 0 Å². The van der Waals surface area contributed by atoms with E-state index in [2.05, 4.69) is 0 Å².